The Kier molecular flexibility index (Phi) is 4.86. The van der Waals surface area contributed by atoms with E-state index in [1.807, 2.05) is 0 Å². The molecule has 1 aromatic carbocycles. The molecule has 0 amide bonds. The van der Waals surface area contributed by atoms with Crippen LogP contribution >= 0.6 is 0 Å². The Balaban J connectivity index is 3.49. The Morgan fingerprint density at radius 2 is 2.30 bits per heavy atom. The summed E-state index contributed by atoms with van der Waals surface area (Å²) in [5.74, 6) is -4.02. The minimum Gasteiger partial charge on any atom is -0.465 e. The summed E-state index contributed by atoms with van der Waals surface area (Å²) >= 11 is 0. The average molecular weight is 280 g/mol. The van der Waals surface area contributed by atoms with Crippen molar-refractivity contribution in [3.05, 3.63) is 39.2 Å². The first-order valence-electron chi connectivity index (χ1n) is 5.46. The third kappa shape index (κ3) is 2.95. The molecule has 8 heteroatoms. The zero-order chi connectivity index (χ0) is 15.3. The zero-order valence-electron chi connectivity index (χ0n) is 10.3. The fourth-order valence-electron chi connectivity index (χ4n) is 1.60. The molecule has 0 saturated carbocycles. The molecule has 0 aliphatic carbocycles. The molecule has 20 heavy (non-hydrogen) atoms. The van der Waals surface area contributed by atoms with Gasteiger partial charge in [0, 0.05) is 6.07 Å². The van der Waals surface area contributed by atoms with Crippen molar-refractivity contribution in [1.29, 1.82) is 5.26 Å². The number of carbonyl (C=O) groups is 2. The van der Waals surface area contributed by atoms with Crippen LogP contribution in [-0.4, -0.2) is 23.8 Å². The third-order valence-corrected chi connectivity index (χ3v) is 2.42. The summed E-state index contributed by atoms with van der Waals surface area (Å²) in [5.41, 5.74) is -1.80. The van der Waals surface area contributed by atoms with Gasteiger partial charge in [-0.3, -0.25) is 14.9 Å². The van der Waals surface area contributed by atoms with E-state index in [4.69, 9.17) is 5.26 Å². The lowest BCUT2D eigenvalue weighted by atomic mass is 9.96. The van der Waals surface area contributed by atoms with Gasteiger partial charge in [0.1, 0.15) is 18.0 Å². The van der Waals surface area contributed by atoms with Crippen LogP contribution in [-0.2, 0) is 14.3 Å². The van der Waals surface area contributed by atoms with E-state index in [0.717, 1.165) is 12.1 Å². The SMILES string of the molecule is CCOC(=O)C(C=O)c1c(F)cc(C#N)cc1[N+](=O)[O-]. The third-order valence-electron chi connectivity index (χ3n) is 2.42. The van der Waals surface area contributed by atoms with Gasteiger partial charge in [0.05, 0.1) is 28.7 Å². The maximum Gasteiger partial charge on any atom is 0.321 e. The van der Waals surface area contributed by atoms with E-state index < -0.39 is 33.9 Å². The first-order valence-corrected chi connectivity index (χ1v) is 5.46. The van der Waals surface area contributed by atoms with E-state index >= 15 is 0 Å². The Hall–Kier alpha value is -2.82. The van der Waals surface area contributed by atoms with Crippen LogP contribution in [0.3, 0.4) is 0 Å². The molecule has 0 aliphatic heterocycles. The number of rotatable bonds is 5. The quantitative estimate of drug-likeness (QED) is 0.265. The fourth-order valence-corrected chi connectivity index (χ4v) is 1.60. The van der Waals surface area contributed by atoms with Gasteiger partial charge in [-0.2, -0.15) is 5.26 Å². The lowest BCUT2D eigenvalue weighted by Gasteiger charge is -2.11. The van der Waals surface area contributed by atoms with Crippen molar-refractivity contribution < 1.29 is 23.6 Å². The number of carbonyl (C=O) groups excluding carboxylic acids is 2. The predicted octanol–water partition coefficient (Wildman–Crippen LogP) is 1.45. The molecule has 0 bridgehead atoms. The van der Waals surface area contributed by atoms with E-state index in [9.17, 15) is 24.1 Å². The number of hydrogen-bond donors (Lipinski definition) is 0. The molecular weight excluding hydrogens is 271 g/mol. The van der Waals surface area contributed by atoms with Gasteiger partial charge in [0.15, 0.2) is 0 Å². The van der Waals surface area contributed by atoms with Gasteiger partial charge in [-0.15, -0.1) is 0 Å². The van der Waals surface area contributed by atoms with Crippen molar-refractivity contribution in [2.75, 3.05) is 6.61 Å². The van der Waals surface area contributed by atoms with E-state index in [0.29, 0.717) is 0 Å². The number of benzene rings is 1. The molecule has 0 aromatic heterocycles. The molecule has 0 aliphatic rings. The van der Waals surface area contributed by atoms with Crippen LogP contribution in [0.5, 0.6) is 0 Å². The lowest BCUT2D eigenvalue weighted by Crippen LogP contribution is -2.20. The van der Waals surface area contributed by atoms with E-state index in [2.05, 4.69) is 4.74 Å². The number of nitro groups is 1. The molecule has 0 N–H and O–H groups in total. The van der Waals surface area contributed by atoms with Crippen LogP contribution in [0.1, 0.15) is 24.0 Å². The van der Waals surface area contributed by atoms with Crippen molar-refractivity contribution in [3.8, 4) is 6.07 Å². The molecule has 1 unspecified atom stereocenters. The number of nitrogens with zero attached hydrogens (tertiary/aromatic N) is 2. The summed E-state index contributed by atoms with van der Waals surface area (Å²) in [6.45, 7) is 1.41. The summed E-state index contributed by atoms with van der Waals surface area (Å²) in [7, 11) is 0. The van der Waals surface area contributed by atoms with Crippen molar-refractivity contribution in [3.63, 3.8) is 0 Å². The maximum absolute atomic E-state index is 13.9. The van der Waals surface area contributed by atoms with E-state index in [-0.39, 0.29) is 18.5 Å². The molecule has 0 saturated heterocycles. The topological polar surface area (TPSA) is 110 Å². The second kappa shape index (κ2) is 6.38. The number of ether oxygens (including phenoxy) is 1. The van der Waals surface area contributed by atoms with Gasteiger partial charge in [-0.25, -0.2) is 4.39 Å². The molecule has 0 fully saturated rings. The lowest BCUT2D eigenvalue weighted by molar-refractivity contribution is -0.385. The molecule has 0 heterocycles. The molecule has 0 radical (unpaired) electrons. The summed E-state index contributed by atoms with van der Waals surface area (Å²) in [6.07, 6.45) is 0.0649. The monoisotopic (exact) mass is 280 g/mol. The average Bonchev–Trinajstić information content (AvgIpc) is 2.40. The largest absolute Gasteiger partial charge is 0.465 e. The first-order chi connectivity index (χ1) is 9.46. The molecule has 1 atom stereocenters. The number of hydrogen-bond acceptors (Lipinski definition) is 6. The number of nitro benzene ring substituents is 1. The van der Waals surface area contributed by atoms with Crippen LogP contribution in [0.4, 0.5) is 10.1 Å². The van der Waals surface area contributed by atoms with Gasteiger partial charge < -0.3 is 9.53 Å². The van der Waals surface area contributed by atoms with Crippen LogP contribution < -0.4 is 0 Å². The number of nitriles is 1. The van der Waals surface area contributed by atoms with E-state index in [1.165, 1.54) is 6.92 Å². The predicted molar refractivity (Wildman–Crippen MR) is 63.2 cm³/mol. The van der Waals surface area contributed by atoms with Crippen LogP contribution in [0.15, 0.2) is 12.1 Å². The van der Waals surface area contributed by atoms with Gasteiger partial charge in [-0.05, 0) is 13.0 Å². The van der Waals surface area contributed by atoms with Crippen LogP contribution in [0.2, 0.25) is 0 Å². The summed E-state index contributed by atoms with van der Waals surface area (Å²) in [4.78, 5) is 32.4. The summed E-state index contributed by atoms with van der Waals surface area (Å²) in [5, 5.41) is 19.6. The summed E-state index contributed by atoms with van der Waals surface area (Å²) in [6, 6.07) is 3.07. The standard InChI is InChI=1S/C12H9FN2O5/c1-2-20-12(17)8(6-16)11-9(13)3-7(5-14)4-10(11)15(18)19/h3-4,6,8H,2H2,1H3. The minimum absolute atomic E-state index is 0.0606. The van der Waals surface area contributed by atoms with Gasteiger partial charge in [-0.1, -0.05) is 0 Å². The highest BCUT2D eigenvalue weighted by Gasteiger charge is 2.33. The minimum atomic E-state index is -1.75. The van der Waals surface area contributed by atoms with E-state index in [1.54, 1.807) is 6.07 Å². The second-order valence-electron chi connectivity index (χ2n) is 3.63. The van der Waals surface area contributed by atoms with Crippen LogP contribution in [0.25, 0.3) is 0 Å². The highest BCUT2D eigenvalue weighted by atomic mass is 19.1. The van der Waals surface area contributed by atoms with Crippen molar-refractivity contribution in [2.45, 2.75) is 12.8 Å². The van der Waals surface area contributed by atoms with Crippen molar-refractivity contribution in [2.24, 2.45) is 0 Å². The highest BCUT2D eigenvalue weighted by Crippen LogP contribution is 2.30. The maximum atomic E-state index is 13.9. The molecule has 1 rings (SSSR count). The van der Waals surface area contributed by atoms with Gasteiger partial charge >= 0.3 is 5.97 Å². The van der Waals surface area contributed by atoms with Crippen molar-refractivity contribution >= 4 is 17.9 Å². The van der Waals surface area contributed by atoms with Gasteiger partial charge in [0.25, 0.3) is 5.69 Å². The Morgan fingerprint density at radius 3 is 2.75 bits per heavy atom. The highest BCUT2D eigenvalue weighted by molar-refractivity contribution is 5.95. The second-order valence-corrected chi connectivity index (χ2v) is 3.63. The number of halogens is 1. The number of esters is 1. The fraction of sp³-hybridized carbons (Fsp3) is 0.250. The Morgan fingerprint density at radius 1 is 1.65 bits per heavy atom. The number of aldehydes is 1. The molecule has 7 nitrogen and oxygen atoms in total. The smallest absolute Gasteiger partial charge is 0.321 e. The molecule has 1 aromatic rings. The Labute approximate surface area is 112 Å². The zero-order valence-corrected chi connectivity index (χ0v) is 10.3. The van der Waals surface area contributed by atoms with Crippen molar-refractivity contribution in [1.82, 2.24) is 0 Å². The molecular formula is C12H9FN2O5. The molecule has 0 spiro atoms. The molecule has 104 valence electrons. The normalized spacial score (nSPS) is 11.2. The van der Waals surface area contributed by atoms with Crippen LogP contribution in [0, 0.1) is 27.3 Å². The van der Waals surface area contributed by atoms with Gasteiger partial charge in [0.2, 0.25) is 0 Å². The summed E-state index contributed by atoms with van der Waals surface area (Å²) < 4.78 is 18.4. The Bertz CT molecular complexity index is 609. The first kappa shape index (κ1) is 15.2.